The van der Waals surface area contributed by atoms with Crippen molar-refractivity contribution in [2.45, 2.75) is 20.3 Å². The third kappa shape index (κ3) is 5.05. The summed E-state index contributed by atoms with van der Waals surface area (Å²) < 4.78 is 26.7. The van der Waals surface area contributed by atoms with Gasteiger partial charge in [-0.3, -0.25) is 4.79 Å². The number of hydrogen-bond donors (Lipinski definition) is 0. The molecule has 0 unspecified atom stereocenters. The molecule has 9 heteroatoms. The van der Waals surface area contributed by atoms with Crippen molar-refractivity contribution in [1.29, 1.82) is 0 Å². The van der Waals surface area contributed by atoms with Crippen LogP contribution in [0.25, 0.3) is 11.0 Å². The standard InChI is InChI=1S/C27H28FN5O3/c1-5-32(16-15-19-9-8-12-24(35-3)25(19)36-4)27(33-23-11-7-6-10-22(23)30-31-33)29-26(34)20-14-13-18(2)21(28)17-20/h6-14,17H,5,15-16H2,1-4H3. The summed E-state index contributed by atoms with van der Waals surface area (Å²) in [6, 6.07) is 17.5. The average molecular weight is 490 g/mol. The lowest BCUT2D eigenvalue weighted by Gasteiger charge is -2.25. The number of amides is 1. The first-order chi connectivity index (χ1) is 17.5. The van der Waals surface area contributed by atoms with E-state index in [-0.39, 0.29) is 5.56 Å². The van der Waals surface area contributed by atoms with Crippen LogP contribution in [0.3, 0.4) is 0 Å². The zero-order valence-corrected chi connectivity index (χ0v) is 20.7. The van der Waals surface area contributed by atoms with Gasteiger partial charge in [-0.05, 0) is 61.7 Å². The predicted molar refractivity (Wildman–Crippen MR) is 136 cm³/mol. The highest BCUT2D eigenvalue weighted by atomic mass is 19.1. The van der Waals surface area contributed by atoms with Crippen LogP contribution in [0.5, 0.6) is 11.5 Å². The van der Waals surface area contributed by atoms with Crippen molar-refractivity contribution in [1.82, 2.24) is 19.9 Å². The molecule has 0 fully saturated rings. The monoisotopic (exact) mass is 489 g/mol. The first-order valence-electron chi connectivity index (χ1n) is 11.6. The minimum atomic E-state index is -0.569. The number of hydrogen-bond acceptors (Lipinski definition) is 5. The Hall–Kier alpha value is -4.27. The Bertz CT molecular complexity index is 1420. The summed E-state index contributed by atoms with van der Waals surface area (Å²) in [6.45, 7) is 4.65. The number of benzene rings is 3. The molecule has 1 amide bonds. The fourth-order valence-electron chi connectivity index (χ4n) is 3.96. The third-order valence-electron chi connectivity index (χ3n) is 5.96. The average Bonchev–Trinajstić information content (AvgIpc) is 3.33. The van der Waals surface area contributed by atoms with Gasteiger partial charge in [-0.15, -0.1) is 5.10 Å². The van der Waals surface area contributed by atoms with Crippen LogP contribution in [0.4, 0.5) is 4.39 Å². The van der Waals surface area contributed by atoms with Crippen LogP contribution in [0, 0.1) is 12.7 Å². The highest BCUT2D eigenvalue weighted by Crippen LogP contribution is 2.31. The van der Waals surface area contributed by atoms with E-state index in [1.165, 1.54) is 6.07 Å². The minimum absolute atomic E-state index is 0.158. The van der Waals surface area contributed by atoms with E-state index in [9.17, 15) is 9.18 Å². The van der Waals surface area contributed by atoms with Crippen molar-refractivity contribution in [2.75, 3.05) is 27.3 Å². The molecule has 0 atom stereocenters. The molecular formula is C27H28FN5O3. The van der Waals surface area contributed by atoms with E-state index in [1.54, 1.807) is 38.0 Å². The van der Waals surface area contributed by atoms with E-state index >= 15 is 0 Å². The molecule has 4 rings (SSSR count). The molecule has 186 valence electrons. The van der Waals surface area contributed by atoms with Crippen molar-refractivity contribution >= 4 is 22.9 Å². The van der Waals surface area contributed by atoms with Gasteiger partial charge in [-0.2, -0.15) is 9.67 Å². The molecule has 8 nitrogen and oxygen atoms in total. The second-order valence-electron chi connectivity index (χ2n) is 8.15. The fourth-order valence-corrected chi connectivity index (χ4v) is 3.96. The first kappa shape index (κ1) is 24.8. The van der Waals surface area contributed by atoms with Crippen molar-refractivity contribution in [3.63, 3.8) is 0 Å². The zero-order valence-electron chi connectivity index (χ0n) is 20.7. The van der Waals surface area contributed by atoms with Crippen molar-refractivity contribution in [3.05, 3.63) is 83.2 Å². The number of halogens is 1. The van der Waals surface area contributed by atoms with Gasteiger partial charge in [0.25, 0.3) is 5.91 Å². The molecule has 0 saturated heterocycles. The molecule has 1 heterocycles. The summed E-state index contributed by atoms with van der Waals surface area (Å²) in [6.07, 6.45) is 0.590. The molecule has 1 aromatic heterocycles. The number of likely N-dealkylation sites (N-methyl/N-ethyl adjacent to an activating group) is 1. The van der Waals surface area contributed by atoms with E-state index in [1.807, 2.05) is 54.3 Å². The number of aryl methyl sites for hydroxylation is 1. The minimum Gasteiger partial charge on any atom is -0.493 e. The van der Waals surface area contributed by atoms with Crippen molar-refractivity contribution in [2.24, 2.45) is 4.99 Å². The third-order valence-corrected chi connectivity index (χ3v) is 5.96. The second-order valence-corrected chi connectivity index (χ2v) is 8.15. The summed E-state index contributed by atoms with van der Waals surface area (Å²) in [5.41, 5.74) is 2.94. The van der Waals surface area contributed by atoms with Gasteiger partial charge in [-0.1, -0.05) is 35.5 Å². The molecule has 36 heavy (non-hydrogen) atoms. The number of aromatic nitrogens is 3. The number of ether oxygens (including phenoxy) is 2. The molecule has 0 spiro atoms. The maximum Gasteiger partial charge on any atom is 0.280 e. The van der Waals surface area contributed by atoms with Gasteiger partial charge in [0.2, 0.25) is 5.96 Å². The molecule has 0 N–H and O–H groups in total. The summed E-state index contributed by atoms with van der Waals surface area (Å²) in [5, 5.41) is 8.51. The van der Waals surface area contributed by atoms with Gasteiger partial charge in [0.05, 0.1) is 19.7 Å². The molecular weight excluding hydrogens is 461 g/mol. The second kappa shape index (κ2) is 11.0. The zero-order chi connectivity index (χ0) is 25.7. The van der Waals surface area contributed by atoms with Crippen LogP contribution in [0.2, 0.25) is 0 Å². The molecule has 0 aliphatic carbocycles. The maximum absolute atomic E-state index is 14.2. The van der Waals surface area contributed by atoms with E-state index in [0.717, 1.165) is 5.56 Å². The summed E-state index contributed by atoms with van der Waals surface area (Å²) in [7, 11) is 3.20. The summed E-state index contributed by atoms with van der Waals surface area (Å²) >= 11 is 0. The van der Waals surface area contributed by atoms with Gasteiger partial charge in [0.1, 0.15) is 11.3 Å². The number of carbonyl (C=O) groups is 1. The molecule has 0 radical (unpaired) electrons. The van der Waals surface area contributed by atoms with Crippen LogP contribution in [-0.2, 0) is 6.42 Å². The number of fused-ring (bicyclic) bond motifs is 1. The number of nitrogens with zero attached hydrogens (tertiary/aromatic N) is 5. The van der Waals surface area contributed by atoms with Crippen LogP contribution in [-0.4, -0.2) is 59.1 Å². The van der Waals surface area contributed by atoms with Crippen LogP contribution in [0.15, 0.2) is 65.7 Å². The molecule has 4 aromatic rings. The number of aliphatic imine (C=N–C) groups is 1. The largest absolute Gasteiger partial charge is 0.493 e. The molecule has 0 aliphatic heterocycles. The summed E-state index contributed by atoms with van der Waals surface area (Å²) in [5.74, 6) is 0.582. The predicted octanol–water partition coefficient (Wildman–Crippen LogP) is 4.51. The van der Waals surface area contributed by atoms with Crippen molar-refractivity contribution in [3.8, 4) is 11.5 Å². The van der Waals surface area contributed by atoms with E-state index in [2.05, 4.69) is 15.3 Å². The number of rotatable bonds is 7. The summed E-state index contributed by atoms with van der Waals surface area (Å²) in [4.78, 5) is 19.5. The number of methoxy groups -OCH3 is 2. The highest BCUT2D eigenvalue weighted by molar-refractivity contribution is 6.04. The van der Waals surface area contributed by atoms with Crippen LogP contribution in [0.1, 0.15) is 28.4 Å². The van der Waals surface area contributed by atoms with Gasteiger partial charge in [0, 0.05) is 18.7 Å². The Balaban J connectivity index is 1.73. The fraction of sp³-hybridized carbons (Fsp3) is 0.259. The van der Waals surface area contributed by atoms with Gasteiger partial charge >= 0.3 is 0 Å². The number of para-hydroxylation sites is 2. The topological polar surface area (TPSA) is 81.8 Å². The van der Waals surface area contributed by atoms with E-state index in [0.29, 0.717) is 53.6 Å². The van der Waals surface area contributed by atoms with Crippen LogP contribution >= 0.6 is 0 Å². The SMILES string of the molecule is CCN(CCc1cccc(OC)c1OC)C(=NC(=O)c1ccc(C)c(F)c1)n1nnc2ccccc21. The Morgan fingerprint density at radius 2 is 1.89 bits per heavy atom. The Morgan fingerprint density at radius 3 is 2.61 bits per heavy atom. The lowest BCUT2D eigenvalue weighted by Crippen LogP contribution is -2.39. The van der Waals surface area contributed by atoms with Gasteiger partial charge < -0.3 is 14.4 Å². The van der Waals surface area contributed by atoms with Crippen LogP contribution < -0.4 is 9.47 Å². The van der Waals surface area contributed by atoms with Gasteiger partial charge in [-0.25, -0.2) is 4.39 Å². The Labute approximate surface area is 209 Å². The molecule has 0 saturated carbocycles. The lowest BCUT2D eigenvalue weighted by atomic mass is 10.1. The molecule has 0 aliphatic rings. The van der Waals surface area contributed by atoms with E-state index in [4.69, 9.17) is 9.47 Å². The lowest BCUT2D eigenvalue weighted by molar-refractivity contribution is 0.1000. The molecule has 0 bridgehead atoms. The highest BCUT2D eigenvalue weighted by Gasteiger charge is 2.20. The Kier molecular flexibility index (Phi) is 7.58. The normalized spacial score (nSPS) is 11.5. The maximum atomic E-state index is 14.2. The smallest absolute Gasteiger partial charge is 0.280 e. The molecule has 3 aromatic carbocycles. The van der Waals surface area contributed by atoms with E-state index < -0.39 is 11.7 Å². The number of carbonyl (C=O) groups excluding carboxylic acids is 1. The van der Waals surface area contributed by atoms with Gasteiger partial charge in [0.15, 0.2) is 11.5 Å². The quantitative estimate of drug-likeness (QED) is 0.281. The Morgan fingerprint density at radius 1 is 1.08 bits per heavy atom. The van der Waals surface area contributed by atoms with Crippen molar-refractivity contribution < 1.29 is 18.7 Å². The first-order valence-corrected chi connectivity index (χ1v) is 11.6.